The molecule has 0 aromatic carbocycles. The van der Waals surface area contributed by atoms with Gasteiger partial charge in [0, 0.05) is 14.4 Å². The second-order valence-electron chi connectivity index (χ2n) is 2.87. The van der Waals surface area contributed by atoms with E-state index in [0.29, 0.717) is 0 Å². The molecule has 0 fully saturated rings. The fourth-order valence-corrected chi connectivity index (χ4v) is 2.48. The van der Waals surface area contributed by atoms with Crippen LogP contribution in [0.3, 0.4) is 0 Å². The van der Waals surface area contributed by atoms with Crippen LogP contribution >= 0.6 is 22.9 Å². The minimum atomic E-state index is 0.959. The summed E-state index contributed by atoms with van der Waals surface area (Å²) in [5.74, 6) is 0. The largest absolute Gasteiger partial charge is 0.139 e. The fourth-order valence-electron chi connectivity index (χ4n) is 1.13. The Bertz CT molecular complexity index is 362. The molecular weight excluding hydrogens is 188 g/mol. The topological polar surface area (TPSA) is 0 Å². The molecule has 0 N–H and O–H groups in total. The summed E-state index contributed by atoms with van der Waals surface area (Å²) >= 11 is 7.84. The van der Waals surface area contributed by atoms with E-state index in [1.54, 1.807) is 11.3 Å². The number of hydrogen-bond donors (Lipinski definition) is 0. The number of hydrogen-bond acceptors (Lipinski definition) is 1. The Balaban J connectivity index is 3.24. The predicted octanol–water partition coefficient (Wildman–Crippen LogP) is 2.61. The van der Waals surface area contributed by atoms with E-state index in [1.165, 1.54) is 4.88 Å². The maximum atomic E-state index is 6.11. The molecule has 0 saturated heterocycles. The molecule has 1 rings (SSSR count). The summed E-state index contributed by atoms with van der Waals surface area (Å²) in [6.07, 6.45) is 2.05. The molecule has 0 atom stereocenters. The molecule has 1 aromatic heterocycles. The lowest BCUT2D eigenvalue weighted by Gasteiger charge is -1.90. The first-order chi connectivity index (χ1) is 5.65. The molecule has 1 aromatic rings. The molecule has 0 aliphatic heterocycles. The van der Waals surface area contributed by atoms with E-state index in [1.807, 2.05) is 0 Å². The summed E-state index contributed by atoms with van der Waals surface area (Å²) in [7, 11) is 0. The van der Waals surface area contributed by atoms with Crippen molar-refractivity contribution in [2.45, 2.75) is 26.7 Å². The van der Waals surface area contributed by atoms with Gasteiger partial charge in [-0.1, -0.05) is 31.5 Å². The average Bonchev–Trinajstić information content (AvgIpc) is 2.30. The quantitative estimate of drug-likeness (QED) is 0.689. The van der Waals surface area contributed by atoms with Crippen LogP contribution in [0.25, 0.3) is 11.6 Å². The van der Waals surface area contributed by atoms with Gasteiger partial charge in [0.05, 0.1) is 0 Å². The molecule has 0 aliphatic carbocycles. The molecular formula is C10H13ClS. The number of rotatable bonds is 2. The lowest BCUT2D eigenvalue weighted by atomic mass is 10.3. The summed E-state index contributed by atoms with van der Waals surface area (Å²) in [6.45, 7) is 8.16. The van der Waals surface area contributed by atoms with Crippen molar-refractivity contribution in [2.24, 2.45) is 0 Å². The van der Waals surface area contributed by atoms with Crippen molar-refractivity contribution in [3.63, 3.8) is 0 Å². The summed E-state index contributed by atoms with van der Waals surface area (Å²) in [4.78, 5) is 1.28. The van der Waals surface area contributed by atoms with Gasteiger partial charge < -0.3 is 0 Å². The molecule has 0 bridgehead atoms. The highest BCUT2D eigenvalue weighted by atomic mass is 35.5. The van der Waals surface area contributed by atoms with Crippen molar-refractivity contribution in [2.75, 3.05) is 0 Å². The van der Waals surface area contributed by atoms with Gasteiger partial charge in [-0.05, 0) is 24.6 Å². The van der Waals surface area contributed by atoms with E-state index >= 15 is 0 Å². The summed E-state index contributed by atoms with van der Waals surface area (Å²) in [5, 5.41) is 2.02. The maximum Gasteiger partial charge on any atom is 0.0484 e. The Labute approximate surface area is 82.2 Å². The van der Waals surface area contributed by atoms with Crippen molar-refractivity contribution < 1.29 is 0 Å². The molecule has 0 unspecified atom stereocenters. The monoisotopic (exact) mass is 200 g/mol. The van der Waals surface area contributed by atoms with Crippen LogP contribution in [-0.4, -0.2) is 0 Å². The Morgan fingerprint density at radius 2 is 2.33 bits per heavy atom. The lowest BCUT2D eigenvalue weighted by Crippen LogP contribution is -2.17. The third-order valence-electron chi connectivity index (χ3n) is 1.65. The molecule has 1 heterocycles. The second-order valence-corrected chi connectivity index (χ2v) is 4.58. The van der Waals surface area contributed by atoms with Gasteiger partial charge in [0.2, 0.25) is 0 Å². The van der Waals surface area contributed by atoms with E-state index in [-0.39, 0.29) is 0 Å². The molecule has 0 radical (unpaired) electrons. The normalized spacial score (nSPS) is 13.2. The summed E-state index contributed by atoms with van der Waals surface area (Å²) < 4.78 is 1.16. The zero-order chi connectivity index (χ0) is 9.14. The third-order valence-corrected chi connectivity index (χ3v) is 3.29. The van der Waals surface area contributed by atoms with Crippen molar-refractivity contribution in [3.05, 3.63) is 20.7 Å². The van der Waals surface area contributed by atoms with E-state index in [0.717, 1.165) is 27.6 Å². The highest BCUT2D eigenvalue weighted by molar-refractivity contribution is 7.10. The highest BCUT2D eigenvalue weighted by Gasteiger charge is 1.96. The van der Waals surface area contributed by atoms with Crippen LogP contribution in [0.2, 0.25) is 0 Å². The first kappa shape index (κ1) is 9.82. The molecule has 2 heteroatoms. The minimum absolute atomic E-state index is 0.959. The van der Waals surface area contributed by atoms with Crippen LogP contribution in [-0.2, 0) is 0 Å². The molecule has 0 saturated carbocycles. The fraction of sp³-hybridized carbons (Fsp3) is 0.400. The van der Waals surface area contributed by atoms with Crippen molar-refractivity contribution >= 4 is 34.5 Å². The van der Waals surface area contributed by atoms with Crippen LogP contribution in [0.1, 0.15) is 24.6 Å². The Morgan fingerprint density at radius 1 is 1.67 bits per heavy atom. The Hall–Kier alpha value is -0.270. The Kier molecular flexibility index (Phi) is 3.36. The zero-order valence-corrected chi connectivity index (χ0v) is 9.06. The van der Waals surface area contributed by atoms with Crippen molar-refractivity contribution in [3.8, 4) is 0 Å². The van der Waals surface area contributed by atoms with E-state index in [2.05, 4.69) is 26.5 Å². The van der Waals surface area contributed by atoms with Gasteiger partial charge in [0.25, 0.3) is 0 Å². The van der Waals surface area contributed by atoms with Gasteiger partial charge in [0.15, 0.2) is 0 Å². The van der Waals surface area contributed by atoms with E-state index in [9.17, 15) is 0 Å². The summed E-state index contributed by atoms with van der Waals surface area (Å²) in [5.41, 5.74) is 0. The van der Waals surface area contributed by atoms with E-state index < -0.39 is 0 Å². The highest BCUT2D eigenvalue weighted by Crippen LogP contribution is 2.10. The molecule has 0 spiro atoms. The number of halogens is 1. The van der Waals surface area contributed by atoms with Crippen LogP contribution in [0, 0.1) is 6.92 Å². The second kappa shape index (κ2) is 4.11. The predicted molar refractivity (Wildman–Crippen MR) is 58.0 cm³/mol. The van der Waals surface area contributed by atoms with Gasteiger partial charge in [0.1, 0.15) is 0 Å². The zero-order valence-electron chi connectivity index (χ0n) is 7.48. The molecule has 0 aliphatic rings. The van der Waals surface area contributed by atoms with Gasteiger partial charge >= 0.3 is 0 Å². The van der Waals surface area contributed by atoms with Crippen LogP contribution in [0.5, 0.6) is 0 Å². The van der Waals surface area contributed by atoms with Gasteiger partial charge in [-0.2, -0.15) is 0 Å². The van der Waals surface area contributed by atoms with Crippen molar-refractivity contribution in [1.82, 2.24) is 0 Å². The first-order valence-electron chi connectivity index (χ1n) is 4.09. The van der Waals surface area contributed by atoms with Gasteiger partial charge in [-0.3, -0.25) is 0 Å². The van der Waals surface area contributed by atoms with Crippen molar-refractivity contribution in [1.29, 1.82) is 0 Å². The molecule has 0 nitrogen and oxygen atoms in total. The molecule has 66 valence electrons. The molecule has 0 amide bonds. The van der Waals surface area contributed by atoms with Crippen LogP contribution in [0.15, 0.2) is 6.07 Å². The number of aryl methyl sites for hydroxylation is 1. The van der Waals surface area contributed by atoms with Crippen LogP contribution in [0.4, 0.5) is 0 Å². The van der Waals surface area contributed by atoms with E-state index in [4.69, 9.17) is 11.6 Å². The summed E-state index contributed by atoms with van der Waals surface area (Å²) in [6, 6.07) is 2.08. The Morgan fingerprint density at radius 3 is 2.75 bits per heavy atom. The van der Waals surface area contributed by atoms with Gasteiger partial charge in [-0.25, -0.2) is 0 Å². The third kappa shape index (κ3) is 2.11. The van der Waals surface area contributed by atoms with Crippen LogP contribution < -0.4 is 9.75 Å². The molecule has 12 heavy (non-hydrogen) atoms. The minimum Gasteiger partial charge on any atom is -0.139 e. The maximum absolute atomic E-state index is 6.11. The SMILES string of the molecule is C=c1cc(C)s/c1=C(\Cl)CCC. The lowest BCUT2D eigenvalue weighted by molar-refractivity contribution is 0.985. The van der Waals surface area contributed by atoms with Gasteiger partial charge in [-0.15, -0.1) is 11.3 Å². The standard InChI is InChI=1S/C10H13ClS/c1-4-5-9(11)10-7(2)6-8(3)12-10/h6H,2,4-5H2,1,3H3/b10-9-. The smallest absolute Gasteiger partial charge is 0.0484 e. The average molecular weight is 201 g/mol. The first-order valence-corrected chi connectivity index (χ1v) is 5.28. The number of thiophene rings is 1.